The number of ether oxygens (including phenoxy) is 1. The highest BCUT2D eigenvalue weighted by molar-refractivity contribution is 5.76. The first kappa shape index (κ1) is 14.0. The maximum Gasteiger partial charge on any atom is 0.407 e. The maximum atomic E-state index is 11.2. The normalized spacial score (nSPS) is 11.7. The molecule has 0 saturated carbocycles. The van der Waals surface area contributed by atoms with Crippen molar-refractivity contribution in [3.05, 3.63) is 35.4 Å². The number of nitrogens with one attached hydrogen (secondary N) is 1. The van der Waals surface area contributed by atoms with Crippen molar-refractivity contribution in [2.75, 3.05) is 6.54 Å². The van der Waals surface area contributed by atoms with Crippen LogP contribution in [0.4, 0.5) is 4.79 Å². The van der Waals surface area contributed by atoms with Gasteiger partial charge in [-0.1, -0.05) is 29.8 Å². The van der Waals surface area contributed by atoms with Gasteiger partial charge in [0.2, 0.25) is 0 Å². The third-order valence-electron chi connectivity index (χ3n) is 2.34. The fraction of sp³-hybridized carbons (Fsp3) is 0.385. The molecule has 0 spiro atoms. The number of hydrogen-bond acceptors (Lipinski definition) is 3. The average molecular weight is 251 g/mol. The molecule has 1 atom stereocenters. The highest BCUT2D eigenvalue weighted by Crippen LogP contribution is 2.07. The molecule has 0 heterocycles. The molecule has 1 rings (SSSR count). The van der Waals surface area contributed by atoms with Crippen molar-refractivity contribution in [1.82, 2.24) is 5.32 Å². The third-order valence-corrected chi connectivity index (χ3v) is 2.34. The molecule has 1 amide bonds. The fourth-order valence-electron chi connectivity index (χ4n) is 1.47. The molecule has 1 unspecified atom stereocenters. The summed E-state index contributed by atoms with van der Waals surface area (Å²) in [5.41, 5.74) is 2.24. The summed E-state index contributed by atoms with van der Waals surface area (Å²) in [5.74, 6) is -1.10. The summed E-state index contributed by atoms with van der Waals surface area (Å²) in [6.07, 6.45) is -0.417. The van der Waals surface area contributed by atoms with E-state index in [0.29, 0.717) is 6.42 Å². The number of alkyl carbamates (subject to hydrolysis) is 1. The van der Waals surface area contributed by atoms with Crippen LogP contribution in [0.3, 0.4) is 0 Å². The Morgan fingerprint density at radius 2 is 1.94 bits per heavy atom. The fourth-order valence-corrected chi connectivity index (χ4v) is 1.47. The number of hydrogen-bond donors (Lipinski definition) is 2. The lowest BCUT2D eigenvalue weighted by atomic mass is 10.1. The summed E-state index contributed by atoms with van der Waals surface area (Å²) in [6.45, 7) is 3.33. The second-order valence-corrected chi connectivity index (χ2v) is 4.15. The Balaban J connectivity index is 2.36. The Morgan fingerprint density at radius 1 is 1.33 bits per heavy atom. The lowest BCUT2D eigenvalue weighted by molar-refractivity contribution is -0.135. The largest absolute Gasteiger partial charge is 0.480 e. The lowest BCUT2D eigenvalue weighted by Gasteiger charge is -2.13. The van der Waals surface area contributed by atoms with Gasteiger partial charge in [0.25, 0.3) is 0 Å². The van der Waals surface area contributed by atoms with Gasteiger partial charge >= 0.3 is 12.1 Å². The van der Waals surface area contributed by atoms with Crippen LogP contribution >= 0.6 is 0 Å². The summed E-state index contributed by atoms with van der Waals surface area (Å²) < 4.78 is 5.02. The van der Waals surface area contributed by atoms with Gasteiger partial charge in [0.15, 0.2) is 0 Å². The molecule has 0 bridgehead atoms. The third kappa shape index (κ3) is 5.34. The molecular formula is C13H17NO4. The number of carbonyl (C=O) groups is 2. The molecule has 5 nitrogen and oxygen atoms in total. The number of carboxylic acids is 1. The van der Waals surface area contributed by atoms with E-state index in [2.05, 4.69) is 5.32 Å². The zero-order valence-electron chi connectivity index (χ0n) is 10.5. The van der Waals surface area contributed by atoms with Crippen LogP contribution in [0.2, 0.25) is 0 Å². The van der Waals surface area contributed by atoms with Crippen molar-refractivity contribution in [2.45, 2.75) is 26.4 Å². The van der Waals surface area contributed by atoms with Gasteiger partial charge in [-0.15, -0.1) is 0 Å². The first-order chi connectivity index (χ1) is 8.47. The highest BCUT2D eigenvalue weighted by Gasteiger charge is 2.10. The van der Waals surface area contributed by atoms with E-state index in [9.17, 15) is 9.59 Å². The molecule has 2 N–H and O–H groups in total. The lowest BCUT2D eigenvalue weighted by Crippen LogP contribution is -2.32. The van der Waals surface area contributed by atoms with Gasteiger partial charge in [-0.05, 0) is 19.4 Å². The van der Waals surface area contributed by atoms with Crippen molar-refractivity contribution >= 4 is 12.1 Å². The predicted molar refractivity (Wildman–Crippen MR) is 66.5 cm³/mol. The molecule has 0 aliphatic rings. The topological polar surface area (TPSA) is 75.6 Å². The van der Waals surface area contributed by atoms with Crippen LogP contribution in [-0.2, 0) is 16.0 Å². The van der Waals surface area contributed by atoms with Gasteiger partial charge in [0.1, 0.15) is 12.6 Å². The Hall–Kier alpha value is -2.04. The van der Waals surface area contributed by atoms with Gasteiger partial charge in [0, 0.05) is 6.42 Å². The molecule has 1 aromatic carbocycles. The van der Waals surface area contributed by atoms with E-state index >= 15 is 0 Å². The van der Waals surface area contributed by atoms with E-state index in [0.717, 1.165) is 5.56 Å². The molecule has 0 aromatic heterocycles. The summed E-state index contributed by atoms with van der Waals surface area (Å²) in [5, 5.41) is 10.5. The maximum absolute atomic E-state index is 11.2. The smallest absolute Gasteiger partial charge is 0.407 e. The zero-order chi connectivity index (χ0) is 13.5. The number of aryl methyl sites for hydroxylation is 1. The standard InChI is InChI=1S/C13H17NO4/c1-9-3-5-11(6-4-9)7-10(2)18-13(17)14-8-12(15)16/h3-6,10H,7-8H2,1-2H3,(H,14,17)(H,15,16). The molecule has 0 aliphatic carbocycles. The second-order valence-electron chi connectivity index (χ2n) is 4.15. The van der Waals surface area contributed by atoms with Crippen LogP contribution in [0.5, 0.6) is 0 Å². The van der Waals surface area contributed by atoms with E-state index in [1.54, 1.807) is 6.92 Å². The van der Waals surface area contributed by atoms with E-state index in [1.807, 2.05) is 31.2 Å². The molecule has 98 valence electrons. The molecule has 1 aromatic rings. The Bertz CT molecular complexity index is 414. The molecule has 0 aliphatic heterocycles. The van der Waals surface area contributed by atoms with Crippen molar-refractivity contribution in [1.29, 1.82) is 0 Å². The second kappa shape index (κ2) is 6.64. The van der Waals surface area contributed by atoms with E-state index < -0.39 is 18.6 Å². The van der Waals surface area contributed by atoms with Crippen LogP contribution in [-0.4, -0.2) is 29.8 Å². The van der Waals surface area contributed by atoms with E-state index in [4.69, 9.17) is 9.84 Å². The average Bonchev–Trinajstić information content (AvgIpc) is 2.29. The highest BCUT2D eigenvalue weighted by atomic mass is 16.6. The number of amides is 1. The monoisotopic (exact) mass is 251 g/mol. The van der Waals surface area contributed by atoms with Gasteiger partial charge in [-0.2, -0.15) is 0 Å². The Kier molecular flexibility index (Phi) is 5.17. The van der Waals surface area contributed by atoms with Crippen molar-refractivity contribution < 1.29 is 19.4 Å². The molecule has 5 heteroatoms. The van der Waals surface area contributed by atoms with Crippen LogP contribution in [0.25, 0.3) is 0 Å². The Morgan fingerprint density at radius 3 is 2.50 bits per heavy atom. The van der Waals surface area contributed by atoms with Crippen molar-refractivity contribution in [2.24, 2.45) is 0 Å². The van der Waals surface area contributed by atoms with Crippen LogP contribution < -0.4 is 5.32 Å². The first-order valence-corrected chi connectivity index (χ1v) is 5.69. The molecule has 0 radical (unpaired) electrons. The number of carboxylic acid groups (broad SMARTS) is 1. The van der Waals surface area contributed by atoms with Gasteiger partial charge < -0.3 is 15.2 Å². The molecule has 0 saturated heterocycles. The van der Waals surface area contributed by atoms with Crippen LogP contribution in [0, 0.1) is 6.92 Å². The number of aliphatic carboxylic acids is 1. The quantitative estimate of drug-likeness (QED) is 0.835. The van der Waals surface area contributed by atoms with Gasteiger partial charge in [-0.3, -0.25) is 4.79 Å². The first-order valence-electron chi connectivity index (χ1n) is 5.69. The summed E-state index contributed by atoms with van der Waals surface area (Å²) in [6, 6.07) is 7.94. The van der Waals surface area contributed by atoms with Crippen molar-refractivity contribution in [3.8, 4) is 0 Å². The van der Waals surface area contributed by atoms with Crippen molar-refractivity contribution in [3.63, 3.8) is 0 Å². The molecule has 18 heavy (non-hydrogen) atoms. The summed E-state index contributed by atoms with van der Waals surface area (Å²) in [7, 11) is 0. The zero-order valence-corrected chi connectivity index (χ0v) is 10.5. The van der Waals surface area contributed by atoms with E-state index in [-0.39, 0.29) is 6.10 Å². The molecular weight excluding hydrogens is 234 g/mol. The van der Waals surface area contributed by atoms with Gasteiger partial charge in [-0.25, -0.2) is 4.79 Å². The number of rotatable bonds is 5. The summed E-state index contributed by atoms with van der Waals surface area (Å²) >= 11 is 0. The molecule has 0 fully saturated rings. The van der Waals surface area contributed by atoms with Gasteiger partial charge in [0.05, 0.1) is 0 Å². The Labute approximate surface area is 106 Å². The number of benzene rings is 1. The minimum absolute atomic E-state index is 0.304. The summed E-state index contributed by atoms with van der Waals surface area (Å²) in [4.78, 5) is 21.4. The van der Waals surface area contributed by atoms with Crippen LogP contribution in [0.15, 0.2) is 24.3 Å². The SMILES string of the molecule is Cc1ccc(CC(C)OC(=O)NCC(=O)O)cc1. The van der Waals surface area contributed by atoms with Crippen LogP contribution in [0.1, 0.15) is 18.1 Å². The minimum atomic E-state index is -1.10. The number of carbonyl (C=O) groups excluding carboxylic acids is 1. The minimum Gasteiger partial charge on any atom is -0.480 e. The predicted octanol–water partition coefficient (Wildman–Crippen LogP) is 1.74. The van der Waals surface area contributed by atoms with E-state index in [1.165, 1.54) is 5.56 Å².